The zero-order chi connectivity index (χ0) is 12.4. The Balaban J connectivity index is 1.99. The highest BCUT2D eigenvalue weighted by molar-refractivity contribution is 5.20. The average molecular weight is 238 g/mol. The van der Waals surface area contributed by atoms with Gasteiger partial charge in [0.15, 0.2) is 0 Å². The summed E-state index contributed by atoms with van der Waals surface area (Å²) in [6.07, 6.45) is 0.590. The van der Waals surface area contributed by atoms with Gasteiger partial charge < -0.3 is 14.9 Å². The van der Waals surface area contributed by atoms with Crippen molar-refractivity contribution in [2.75, 3.05) is 13.1 Å². The van der Waals surface area contributed by atoms with E-state index in [1.54, 1.807) is 0 Å². The fourth-order valence-electron chi connectivity index (χ4n) is 2.50. The number of rotatable bonds is 3. The molecule has 0 unspecified atom stereocenters. The summed E-state index contributed by atoms with van der Waals surface area (Å²) < 4.78 is 11.4. The van der Waals surface area contributed by atoms with Crippen LogP contribution in [-0.4, -0.2) is 30.2 Å². The van der Waals surface area contributed by atoms with E-state index in [0.29, 0.717) is 18.8 Å². The standard InChI is InChI=1S/C13H22N2O2/c1-9-6-15(7-10(2)16-9)8-13-4-12(5-14)11(3)17-13/h4,9-10H,5-8,14H2,1-3H3/t9-,10+. The zero-order valence-electron chi connectivity index (χ0n) is 10.9. The molecule has 1 fully saturated rings. The molecule has 2 rings (SSSR count). The van der Waals surface area contributed by atoms with E-state index in [0.717, 1.165) is 36.7 Å². The van der Waals surface area contributed by atoms with Gasteiger partial charge in [-0.25, -0.2) is 0 Å². The van der Waals surface area contributed by atoms with Crippen molar-refractivity contribution in [2.45, 2.75) is 46.1 Å². The molecule has 2 N–H and O–H groups in total. The Bertz CT molecular complexity index is 365. The Morgan fingerprint density at radius 3 is 2.53 bits per heavy atom. The van der Waals surface area contributed by atoms with Crippen molar-refractivity contribution < 1.29 is 9.15 Å². The molecule has 0 bridgehead atoms. The first kappa shape index (κ1) is 12.6. The molecule has 1 aromatic rings. The first-order chi connectivity index (χ1) is 8.08. The van der Waals surface area contributed by atoms with Crippen LogP contribution in [0.5, 0.6) is 0 Å². The van der Waals surface area contributed by atoms with E-state index in [1.165, 1.54) is 0 Å². The predicted octanol–water partition coefficient (Wildman–Crippen LogP) is 1.66. The molecule has 0 amide bonds. The van der Waals surface area contributed by atoms with Gasteiger partial charge in [0, 0.05) is 25.2 Å². The van der Waals surface area contributed by atoms with E-state index >= 15 is 0 Å². The quantitative estimate of drug-likeness (QED) is 0.870. The minimum atomic E-state index is 0.295. The van der Waals surface area contributed by atoms with Crippen LogP contribution < -0.4 is 5.73 Å². The van der Waals surface area contributed by atoms with Crippen LogP contribution >= 0.6 is 0 Å². The molecule has 0 saturated carbocycles. The van der Waals surface area contributed by atoms with Crippen LogP contribution in [0.15, 0.2) is 10.5 Å². The lowest BCUT2D eigenvalue weighted by Gasteiger charge is -2.34. The first-order valence-electron chi connectivity index (χ1n) is 6.24. The van der Waals surface area contributed by atoms with E-state index in [9.17, 15) is 0 Å². The van der Waals surface area contributed by atoms with Gasteiger partial charge in [-0.1, -0.05) is 0 Å². The normalized spacial score (nSPS) is 26.4. The highest BCUT2D eigenvalue weighted by atomic mass is 16.5. The third kappa shape index (κ3) is 3.09. The third-order valence-corrected chi connectivity index (χ3v) is 3.17. The summed E-state index contributed by atoms with van der Waals surface area (Å²) in [6.45, 7) is 9.51. The van der Waals surface area contributed by atoms with Crippen molar-refractivity contribution in [3.05, 3.63) is 23.2 Å². The number of nitrogens with zero attached hydrogens (tertiary/aromatic N) is 1. The molecule has 17 heavy (non-hydrogen) atoms. The van der Waals surface area contributed by atoms with Crippen LogP contribution in [0.4, 0.5) is 0 Å². The lowest BCUT2D eigenvalue weighted by atomic mass is 10.2. The second-order valence-corrected chi connectivity index (χ2v) is 4.95. The monoisotopic (exact) mass is 238 g/mol. The van der Waals surface area contributed by atoms with Gasteiger partial charge in [-0.3, -0.25) is 4.90 Å². The molecular weight excluding hydrogens is 216 g/mol. The molecule has 0 spiro atoms. The van der Waals surface area contributed by atoms with Gasteiger partial charge in [-0.2, -0.15) is 0 Å². The average Bonchev–Trinajstić information content (AvgIpc) is 2.57. The summed E-state index contributed by atoms with van der Waals surface area (Å²) in [7, 11) is 0. The van der Waals surface area contributed by atoms with Crippen LogP contribution in [-0.2, 0) is 17.8 Å². The summed E-state index contributed by atoms with van der Waals surface area (Å²) in [6, 6.07) is 2.07. The molecule has 1 aliphatic heterocycles. The SMILES string of the molecule is Cc1oc(CN2C[C@@H](C)O[C@@H](C)C2)cc1CN. The number of hydrogen-bond acceptors (Lipinski definition) is 4. The van der Waals surface area contributed by atoms with Gasteiger partial charge >= 0.3 is 0 Å². The number of nitrogens with two attached hydrogens (primary N) is 1. The molecule has 4 heteroatoms. The summed E-state index contributed by atoms with van der Waals surface area (Å²) in [5.74, 6) is 1.95. The second kappa shape index (κ2) is 5.21. The zero-order valence-corrected chi connectivity index (χ0v) is 10.9. The van der Waals surface area contributed by atoms with Crippen LogP contribution in [0.1, 0.15) is 30.9 Å². The van der Waals surface area contributed by atoms with Crippen molar-refractivity contribution in [1.29, 1.82) is 0 Å². The summed E-state index contributed by atoms with van der Waals surface area (Å²) in [4.78, 5) is 2.37. The Hall–Kier alpha value is -0.840. The third-order valence-electron chi connectivity index (χ3n) is 3.17. The van der Waals surface area contributed by atoms with Crippen LogP contribution in [0.25, 0.3) is 0 Å². The van der Waals surface area contributed by atoms with Crippen LogP contribution in [0, 0.1) is 6.92 Å². The van der Waals surface area contributed by atoms with Gasteiger partial charge in [0.1, 0.15) is 11.5 Å². The minimum absolute atomic E-state index is 0.295. The van der Waals surface area contributed by atoms with Gasteiger partial charge in [-0.05, 0) is 26.8 Å². The van der Waals surface area contributed by atoms with Gasteiger partial charge in [0.2, 0.25) is 0 Å². The fraction of sp³-hybridized carbons (Fsp3) is 0.692. The second-order valence-electron chi connectivity index (χ2n) is 4.95. The van der Waals surface area contributed by atoms with E-state index in [1.807, 2.05) is 6.92 Å². The maximum Gasteiger partial charge on any atom is 0.118 e. The van der Waals surface area contributed by atoms with Crippen molar-refractivity contribution in [1.82, 2.24) is 4.90 Å². The van der Waals surface area contributed by atoms with Crippen molar-refractivity contribution >= 4 is 0 Å². The van der Waals surface area contributed by atoms with Crippen LogP contribution in [0.2, 0.25) is 0 Å². The molecule has 0 aliphatic carbocycles. The molecule has 1 aromatic heterocycles. The van der Waals surface area contributed by atoms with E-state index in [-0.39, 0.29) is 0 Å². The topological polar surface area (TPSA) is 51.6 Å². The highest BCUT2D eigenvalue weighted by Gasteiger charge is 2.23. The Morgan fingerprint density at radius 1 is 1.35 bits per heavy atom. The Kier molecular flexibility index (Phi) is 3.86. The molecule has 1 saturated heterocycles. The molecule has 0 aromatic carbocycles. The summed E-state index contributed by atoms with van der Waals surface area (Å²) in [5.41, 5.74) is 6.75. The molecular formula is C13H22N2O2. The fourth-order valence-corrected chi connectivity index (χ4v) is 2.50. The lowest BCUT2D eigenvalue weighted by molar-refractivity contribution is -0.0718. The first-order valence-corrected chi connectivity index (χ1v) is 6.24. The smallest absolute Gasteiger partial charge is 0.118 e. The highest BCUT2D eigenvalue weighted by Crippen LogP contribution is 2.18. The molecule has 96 valence electrons. The van der Waals surface area contributed by atoms with E-state index in [2.05, 4.69) is 24.8 Å². The maximum absolute atomic E-state index is 5.72. The Labute approximate surface area is 103 Å². The lowest BCUT2D eigenvalue weighted by Crippen LogP contribution is -2.44. The van der Waals surface area contributed by atoms with Gasteiger partial charge in [-0.15, -0.1) is 0 Å². The summed E-state index contributed by atoms with van der Waals surface area (Å²) >= 11 is 0. The predicted molar refractivity (Wildman–Crippen MR) is 66.6 cm³/mol. The number of hydrogen-bond donors (Lipinski definition) is 1. The largest absolute Gasteiger partial charge is 0.465 e. The summed E-state index contributed by atoms with van der Waals surface area (Å²) in [5, 5.41) is 0. The van der Waals surface area contributed by atoms with Crippen molar-refractivity contribution in [2.24, 2.45) is 5.73 Å². The number of furan rings is 1. The maximum atomic E-state index is 5.72. The Morgan fingerprint density at radius 2 is 2.00 bits per heavy atom. The molecule has 2 heterocycles. The van der Waals surface area contributed by atoms with Crippen molar-refractivity contribution in [3.8, 4) is 0 Å². The van der Waals surface area contributed by atoms with E-state index < -0.39 is 0 Å². The number of aryl methyl sites for hydroxylation is 1. The molecule has 4 nitrogen and oxygen atoms in total. The molecule has 1 aliphatic rings. The minimum Gasteiger partial charge on any atom is -0.465 e. The molecule has 0 radical (unpaired) electrons. The molecule has 2 atom stereocenters. The van der Waals surface area contributed by atoms with Crippen LogP contribution in [0.3, 0.4) is 0 Å². The van der Waals surface area contributed by atoms with Crippen molar-refractivity contribution in [3.63, 3.8) is 0 Å². The number of ether oxygens (including phenoxy) is 1. The number of morpholine rings is 1. The van der Waals surface area contributed by atoms with Gasteiger partial charge in [0.05, 0.1) is 18.8 Å². The van der Waals surface area contributed by atoms with E-state index in [4.69, 9.17) is 14.9 Å². The van der Waals surface area contributed by atoms with Gasteiger partial charge in [0.25, 0.3) is 0 Å².